The lowest BCUT2D eigenvalue weighted by atomic mass is 10.00. The van der Waals surface area contributed by atoms with Gasteiger partial charge in [-0.3, -0.25) is 9.59 Å². The summed E-state index contributed by atoms with van der Waals surface area (Å²) in [5, 5.41) is 2.91. The Morgan fingerprint density at radius 2 is 1.96 bits per heavy atom. The molecular formula is C18H24F2N2O3. The van der Waals surface area contributed by atoms with Crippen LogP contribution in [0, 0.1) is 0 Å². The van der Waals surface area contributed by atoms with Crippen LogP contribution >= 0.6 is 0 Å². The summed E-state index contributed by atoms with van der Waals surface area (Å²) in [7, 11) is 0. The Kier molecular flexibility index (Phi) is 6.73. The third-order valence-corrected chi connectivity index (χ3v) is 4.39. The molecule has 1 N–H and O–H groups in total. The number of halogens is 2. The van der Waals surface area contributed by atoms with Crippen LogP contribution in [0.1, 0.15) is 51.1 Å². The minimum Gasteiger partial charge on any atom is -0.435 e. The van der Waals surface area contributed by atoms with E-state index in [1.54, 1.807) is 24.0 Å². The zero-order chi connectivity index (χ0) is 18.4. The standard InChI is InChI=1S/C18H24F2N2O3/c1-3-16(23)22-11-5-4-6-15(22)17(24)21-12(2)13-7-9-14(10-8-13)25-18(19)20/h7-10,12,15,18H,3-6,11H2,1-2H3,(H,21,24)/t12-,15+/m0/s1. The topological polar surface area (TPSA) is 58.6 Å². The lowest BCUT2D eigenvalue weighted by Gasteiger charge is -2.35. The van der Waals surface area contributed by atoms with Gasteiger partial charge < -0.3 is 15.0 Å². The van der Waals surface area contributed by atoms with Crippen molar-refractivity contribution in [3.05, 3.63) is 29.8 Å². The van der Waals surface area contributed by atoms with Gasteiger partial charge in [0.05, 0.1) is 6.04 Å². The summed E-state index contributed by atoms with van der Waals surface area (Å²) in [4.78, 5) is 26.3. The van der Waals surface area contributed by atoms with Crippen LogP contribution in [0.4, 0.5) is 8.78 Å². The number of nitrogens with one attached hydrogen (secondary N) is 1. The number of carbonyl (C=O) groups excluding carboxylic acids is 2. The molecule has 1 aromatic rings. The number of nitrogens with zero attached hydrogens (tertiary/aromatic N) is 1. The second kappa shape index (κ2) is 8.78. The maximum absolute atomic E-state index is 12.6. The second-order valence-corrected chi connectivity index (χ2v) is 6.13. The van der Waals surface area contributed by atoms with Crippen LogP contribution in [0.15, 0.2) is 24.3 Å². The van der Waals surface area contributed by atoms with Crippen molar-refractivity contribution in [2.24, 2.45) is 0 Å². The van der Waals surface area contributed by atoms with Gasteiger partial charge >= 0.3 is 6.61 Å². The van der Waals surface area contributed by atoms with Crippen LogP contribution in [-0.2, 0) is 9.59 Å². The highest BCUT2D eigenvalue weighted by Gasteiger charge is 2.31. The number of amides is 2. The summed E-state index contributed by atoms with van der Waals surface area (Å²) in [5.74, 6) is -0.118. The number of likely N-dealkylation sites (tertiary alicyclic amines) is 1. The normalized spacial score (nSPS) is 18.8. The van der Waals surface area contributed by atoms with Gasteiger partial charge in [0.15, 0.2) is 0 Å². The van der Waals surface area contributed by atoms with E-state index in [1.807, 2.05) is 6.92 Å². The summed E-state index contributed by atoms with van der Waals surface area (Å²) >= 11 is 0. The molecule has 2 amide bonds. The van der Waals surface area contributed by atoms with Crippen LogP contribution < -0.4 is 10.1 Å². The minimum absolute atomic E-state index is 0.0130. The third kappa shape index (κ3) is 5.14. The largest absolute Gasteiger partial charge is 0.435 e. The number of rotatable bonds is 6. The number of hydrogen-bond donors (Lipinski definition) is 1. The maximum atomic E-state index is 12.6. The highest BCUT2D eigenvalue weighted by Crippen LogP contribution is 2.22. The molecule has 0 aliphatic carbocycles. The van der Waals surface area contributed by atoms with E-state index in [1.165, 1.54) is 12.1 Å². The van der Waals surface area contributed by atoms with E-state index >= 15 is 0 Å². The average Bonchev–Trinajstić information content (AvgIpc) is 2.61. The minimum atomic E-state index is -2.86. The quantitative estimate of drug-likeness (QED) is 0.853. The molecule has 7 heteroatoms. The molecule has 0 saturated carbocycles. The van der Waals surface area contributed by atoms with Gasteiger partial charge in [-0.25, -0.2) is 0 Å². The molecule has 0 aromatic heterocycles. The molecule has 25 heavy (non-hydrogen) atoms. The van der Waals surface area contributed by atoms with Crippen molar-refractivity contribution in [2.75, 3.05) is 6.54 Å². The van der Waals surface area contributed by atoms with Crippen LogP contribution in [0.25, 0.3) is 0 Å². The molecular weight excluding hydrogens is 330 g/mol. The van der Waals surface area contributed by atoms with E-state index < -0.39 is 12.7 Å². The zero-order valence-corrected chi connectivity index (χ0v) is 14.5. The van der Waals surface area contributed by atoms with Crippen LogP contribution in [0.3, 0.4) is 0 Å². The van der Waals surface area contributed by atoms with Gasteiger partial charge in [-0.15, -0.1) is 0 Å². The van der Waals surface area contributed by atoms with Crippen molar-refractivity contribution >= 4 is 11.8 Å². The number of carbonyl (C=O) groups is 2. The van der Waals surface area contributed by atoms with E-state index in [0.29, 0.717) is 19.4 Å². The highest BCUT2D eigenvalue weighted by atomic mass is 19.3. The summed E-state index contributed by atoms with van der Waals surface area (Å²) in [6.07, 6.45) is 2.87. The average molecular weight is 354 g/mol. The van der Waals surface area contributed by atoms with E-state index in [4.69, 9.17) is 0 Å². The molecule has 1 saturated heterocycles. The van der Waals surface area contributed by atoms with Crippen molar-refractivity contribution in [3.63, 3.8) is 0 Å². The lowest BCUT2D eigenvalue weighted by molar-refractivity contribution is -0.142. The van der Waals surface area contributed by atoms with Crippen LogP contribution in [0.5, 0.6) is 5.75 Å². The van der Waals surface area contributed by atoms with E-state index in [-0.39, 0.29) is 23.6 Å². The van der Waals surface area contributed by atoms with Gasteiger partial charge in [-0.1, -0.05) is 19.1 Å². The molecule has 1 aliphatic heterocycles. The van der Waals surface area contributed by atoms with Crippen LogP contribution in [0.2, 0.25) is 0 Å². The summed E-state index contributed by atoms with van der Waals surface area (Å²) < 4.78 is 28.7. The maximum Gasteiger partial charge on any atom is 0.387 e. The van der Waals surface area contributed by atoms with E-state index in [0.717, 1.165) is 18.4 Å². The monoisotopic (exact) mass is 354 g/mol. The van der Waals surface area contributed by atoms with Crippen molar-refractivity contribution in [1.82, 2.24) is 10.2 Å². The Balaban J connectivity index is 1.99. The lowest BCUT2D eigenvalue weighted by Crippen LogP contribution is -2.52. The first kappa shape index (κ1) is 19.1. The fourth-order valence-corrected chi connectivity index (χ4v) is 3.04. The fourth-order valence-electron chi connectivity index (χ4n) is 3.04. The second-order valence-electron chi connectivity index (χ2n) is 6.13. The fraction of sp³-hybridized carbons (Fsp3) is 0.556. The van der Waals surface area contributed by atoms with Gasteiger partial charge in [-0.05, 0) is 43.9 Å². The van der Waals surface area contributed by atoms with Gasteiger partial charge in [0, 0.05) is 13.0 Å². The predicted molar refractivity (Wildman–Crippen MR) is 89.3 cm³/mol. The molecule has 0 spiro atoms. The van der Waals surface area contributed by atoms with Gasteiger partial charge in [-0.2, -0.15) is 8.78 Å². The molecule has 0 unspecified atom stereocenters. The van der Waals surface area contributed by atoms with Crippen molar-refractivity contribution in [3.8, 4) is 5.75 Å². The van der Waals surface area contributed by atoms with Gasteiger partial charge in [0.2, 0.25) is 11.8 Å². The third-order valence-electron chi connectivity index (χ3n) is 4.39. The molecule has 1 fully saturated rings. The molecule has 138 valence electrons. The first-order valence-electron chi connectivity index (χ1n) is 8.57. The Morgan fingerprint density at radius 1 is 1.28 bits per heavy atom. The first-order chi connectivity index (χ1) is 11.9. The molecule has 0 bridgehead atoms. The number of ether oxygens (including phenoxy) is 1. The molecule has 1 heterocycles. The van der Waals surface area contributed by atoms with Gasteiger partial charge in [0.1, 0.15) is 11.8 Å². The molecule has 2 atom stereocenters. The van der Waals surface area contributed by atoms with E-state index in [2.05, 4.69) is 10.1 Å². The van der Waals surface area contributed by atoms with E-state index in [9.17, 15) is 18.4 Å². The smallest absolute Gasteiger partial charge is 0.387 e. The number of benzene rings is 1. The zero-order valence-electron chi connectivity index (χ0n) is 14.5. The predicted octanol–water partition coefficient (Wildman–Crippen LogP) is 3.26. The van der Waals surface area contributed by atoms with Crippen molar-refractivity contribution in [2.45, 2.75) is 58.2 Å². The Labute approximate surface area is 146 Å². The molecule has 5 nitrogen and oxygen atoms in total. The summed E-state index contributed by atoms with van der Waals surface area (Å²) in [6, 6.07) is 5.42. The highest BCUT2D eigenvalue weighted by molar-refractivity contribution is 5.88. The van der Waals surface area contributed by atoms with Crippen molar-refractivity contribution in [1.29, 1.82) is 0 Å². The van der Waals surface area contributed by atoms with Crippen molar-refractivity contribution < 1.29 is 23.1 Å². The Hall–Kier alpha value is -2.18. The first-order valence-corrected chi connectivity index (χ1v) is 8.57. The number of hydrogen-bond acceptors (Lipinski definition) is 3. The molecule has 1 aliphatic rings. The molecule has 2 rings (SSSR count). The molecule has 0 radical (unpaired) electrons. The SMILES string of the molecule is CCC(=O)N1CCCC[C@@H]1C(=O)N[C@@H](C)c1ccc(OC(F)F)cc1. The molecule has 1 aromatic carbocycles. The number of piperidine rings is 1. The Morgan fingerprint density at radius 3 is 2.56 bits per heavy atom. The van der Waals surface area contributed by atoms with Crippen LogP contribution in [-0.4, -0.2) is 35.9 Å². The van der Waals surface area contributed by atoms with Gasteiger partial charge in [0.25, 0.3) is 0 Å². The summed E-state index contributed by atoms with van der Waals surface area (Å²) in [5.41, 5.74) is 0.777. The summed E-state index contributed by atoms with van der Waals surface area (Å²) in [6.45, 7) is 1.35. The Bertz CT molecular complexity index is 592. The number of alkyl halides is 2.